The van der Waals surface area contributed by atoms with Gasteiger partial charge in [-0.3, -0.25) is 9.36 Å². The molecule has 2 heterocycles. The predicted molar refractivity (Wildman–Crippen MR) is 134 cm³/mol. The minimum Gasteiger partial charge on any atom is -0.481 e. The molecule has 1 atom stereocenters. The van der Waals surface area contributed by atoms with E-state index in [1.807, 2.05) is 0 Å². The molecule has 0 aliphatic heterocycles. The summed E-state index contributed by atoms with van der Waals surface area (Å²) in [6, 6.07) is 11.7. The highest BCUT2D eigenvalue weighted by atomic mass is 35.5. The molecule has 0 fully saturated rings. The number of aromatic nitrogens is 4. The maximum Gasteiger partial charge on any atom is 0.355 e. The van der Waals surface area contributed by atoms with E-state index in [0.717, 1.165) is 27.5 Å². The number of nitrogens with one attached hydrogen (secondary N) is 1. The average Bonchev–Trinajstić information content (AvgIpc) is 2.85. The van der Waals surface area contributed by atoms with E-state index in [4.69, 9.17) is 21.4 Å². The molecule has 0 aliphatic carbocycles. The predicted octanol–water partition coefficient (Wildman–Crippen LogP) is 4.35. The number of anilines is 2. The topological polar surface area (TPSA) is 128 Å². The second kappa shape index (κ2) is 11.2. The second-order valence-electron chi connectivity index (χ2n) is 8.22. The van der Waals surface area contributed by atoms with E-state index < -0.39 is 41.4 Å². The van der Waals surface area contributed by atoms with Gasteiger partial charge in [-0.05, 0) is 42.8 Å². The lowest BCUT2D eigenvalue weighted by atomic mass is 10.2. The van der Waals surface area contributed by atoms with E-state index >= 15 is 0 Å². The van der Waals surface area contributed by atoms with Gasteiger partial charge in [0.2, 0.25) is 11.8 Å². The lowest BCUT2D eigenvalue weighted by molar-refractivity contribution is -0.137. The Bertz CT molecular complexity index is 1590. The van der Waals surface area contributed by atoms with Crippen molar-refractivity contribution in [3.63, 3.8) is 0 Å². The average molecular weight is 544 g/mol. The number of halogens is 3. The Balaban J connectivity index is 1.70. The van der Waals surface area contributed by atoms with Crippen molar-refractivity contribution in [2.24, 2.45) is 0 Å². The van der Waals surface area contributed by atoms with Crippen molar-refractivity contribution in [2.75, 3.05) is 5.32 Å². The molecule has 0 spiro atoms. The Morgan fingerprint density at radius 3 is 2.50 bits per heavy atom. The largest absolute Gasteiger partial charge is 0.481 e. The SMILES string of the molecule is C[C@@H](CC(=O)O)n1c(=O)nc(Nc2ccc(Oc3ccc(F)cn3)c(F)c2)n(Cc2ccc(Cl)cc2)c1=O. The number of nitrogens with zero attached hydrogens (tertiary/aromatic N) is 4. The number of carbonyl (C=O) groups is 1. The van der Waals surface area contributed by atoms with Gasteiger partial charge in [-0.1, -0.05) is 23.7 Å². The van der Waals surface area contributed by atoms with E-state index in [2.05, 4.69) is 15.3 Å². The highest BCUT2D eigenvalue weighted by Crippen LogP contribution is 2.27. The van der Waals surface area contributed by atoms with Crippen LogP contribution in [0.5, 0.6) is 11.6 Å². The number of benzene rings is 2. The third-order valence-corrected chi connectivity index (χ3v) is 5.62. The quantitative estimate of drug-likeness (QED) is 0.319. The summed E-state index contributed by atoms with van der Waals surface area (Å²) in [4.78, 5) is 44.9. The van der Waals surface area contributed by atoms with Gasteiger partial charge in [0.15, 0.2) is 11.6 Å². The zero-order valence-corrected chi connectivity index (χ0v) is 20.5. The van der Waals surface area contributed by atoms with Crippen LogP contribution in [-0.4, -0.2) is 30.2 Å². The molecule has 2 aromatic carbocycles. The van der Waals surface area contributed by atoms with Crippen LogP contribution in [0.15, 0.2) is 70.4 Å². The molecule has 4 aromatic rings. The van der Waals surface area contributed by atoms with E-state index in [-0.39, 0.29) is 29.8 Å². The summed E-state index contributed by atoms with van der Waals surface area (Å²) in [5.41, 5.74) is -1.01. The fourth-order valence-electron chi connectivity index (χ4n) is 3.56. The molecule has 0 radical (unpaired) electrons. The Labute approximate surface area is 218 Å². The van der Waals surface area contributed by atoms with Crippen LogP contribution in [0.4, 0.5) is 20.4 Å². The number of rotatable bonds is 9. The van der Waals surface area contributed by atoms with Gasteiger partial charge in [-0.15, -0.1) is 0 Å². The van der Waals surface area contributed by atoms with Gasteiger partial charge in [-0.2, -0.15) is 4.98 Å². The van der Waals surface area contributed by atoms with E-state index in [1.54, 1.807) is 24.3 Å². The first-order valence-electron chi connectivity index (χ1n) is 11.2. The molecule has 0 bridgehead atoms. The number of carboxylic acids is 1. The van der Waals surface area contributed by atoms with Gasteiger partial charge in [0.25, 0.3) is 0 Å². The van der Waals surface area contributed by atoms with Crippen molar-refractivity contribution in [3.8, 4) is 11.6 Å². The molecule has 4 rings (SSSR count). The van der Waals surface area contributed by atoms with E-state index in [1.165, 1.54) is 25.1 Å². The number of hydrogen-bond acceptors (Lipinski definition) is 7. The Hall–Kier alpha value is -4.58. The summed E-state index contributed by atoms with van der Waals surface area (Å²) < 4.78 is 35.0. The van der Waals surface area contributed by atoms with Gasteiger partial charge in [0.1, 0.15) is 5.82 Å². The Kier molecular flexibility index (Phi) is 7.82. The third-order valence-electron chi connectivity index (χ3n) is 5.37. The van der Waals surface area contributed by atoms with Crippen LogP contribution in [0, 0.1) is 11.6 Å². The number of ether oxygens (including phenoxy) is 1. The van der Waals surface area contributed by atoms with Crippen molar-refractivity contribution in [1.82, 2.24) is 19.1 Å². The normalized spacial score (nSPS) is 11.7. The zero-order chi connectivity index (χ0) is 27.4. The summed E-state index contributed by atoms with van der Waals surface area (Å²) in [6.07, 6.45) is 0.453. The van der Waals surface area contributed by atoms with Gasteiger partial charge in [-0.25, -0.2) is 27.9 Å². The molecular weight excluding hydrogens is 524 g/mol. The smallest absolute Gasteiger partial charge is 0.355 e. The van der Waals surface area contributed by atoms with E-state index in [9.17, 15) is 23.2 Å². The van der Waals surface area contributed by atoms with Crippen molar-refractivity contribution in [1.29, 1.82) is 0 Å². The first kappa shape index (κ1) is 26.5. The van der Waals surface area contributed by atoms with Crippen molar-refractivity contribution in [2.45, 2.75) is 25.9 Å². The van der Waals surface area contributed by atoms with Crippen LogP contribution in [-0.2, 0) is 11.3 Å². The highest BCUT2D eigenvalue weighted by Gasteiger charge is 2.20. The van der Waals surface area contributed by atoms with Crippen LogP contribution in [0.25, 0.3) is 0 Å². The minimum absolute atomic E-state index is 0.0245. The van der Waals surface area contributed by atoms with Crippen molar-refractivity contribution in [3.05, 3.63) is 104 Å². The summed E-state index contributed by atoms with van der Waals surface area (Å²) in [6.45, 7) is 1.37. The molecule has 10 nitrogen and oxygen atoms in total. The fraction of sp³-hybridized carbons (Fsp3) is 0.160. The molecule has 0 unspecified atom stereocenters. The lowest BCUT2D eigenvalue weighted by Crippen LogP contribution is -2.44. The first-order chi connectivity index (χ1) is 18.1. The van der Waals surface area contributed by atoms with Gasteiger partial charge in [0.05, 0.1) is 25.2 Å². The maximum atomic E-state index is 14.8. The lowest BCUT2D eigenvalue weighted by Gasteiger charge is -2.18. The molecule has 2 N–H and O–H groups in total. The monoisotopic (exact) mass is 543 g/mol. The molecular formula is C25H20ClF2N5O5. The minimum atomic E-state index is -1.19. The van der Waals surface area contributed by atoms with Crippen LogP contribution in [0.1, 0.15) is 24.9 Å². The standard InChI is InChI=1S/C25H20ClF2N5O5/c1-14(10-22(34)35)33-24(36)31-23(32(25(33)37)13-15-2-4-16(26)5-3-15)30-18-7-8-20(19(28)11-18)38-21-9-6-17(27)12-29-21/h2-9,11-12,14H,10,13H2,1H3,(H,34,35)(H,30,31,36)/t14-/m0/s1. The summed E-state index contributed by atoms with van der Waals surface area (Å²) >= 11 is 5.95. The molecule has 0 saturated carbocycles. The molecule has 196 valence electrons. The van der Waals surface area contributed by atoms with Crippen LogP contribution in [0.2, 0.25) is 5.02 Å². The molecule has 13 heteroatoms. The van der Waals surface area contributed by atoms with Gasteiger partial charge in [0, 0.05) is 22.8 Å². The maximum absolute atomic E-state index is 14.8. The third kappa shape index (κ3) is 6.21. The molecule has 0 amide bonds. The number of aliphatic carboxylic acids is 1. The van der Waals surface area contributed by atoms with Crippen LogP contribution >= 0.6 is 11.6 Å². The molecule has 2 aromatic heterocycles. The molecule has 0 aliphatic rings. The van der Waals surface area contributed by atoms with Gasteiger partial charge >= 0.3 is 17.3 Å². The Morgan fingerprint density at radius 1 is 1.13 bits per heavy atom. The molecule has 0 saturated heterocycles. The second-order valence-corrected chi connectivity index (χ2v) is 8.65. The number of carboxylic acid groups (broad SMARTS) is 1. The van der Waals surface area contributed by atoms with Gasteiger partial charge < -0.3 is 15.2 Å². The van der Waals surface area contributed by atoms with Crippen LogP contribution < -0.4 is 21.4 Å². The van der Waals surface area contributed by atoms with E-state index in [0.29, 0.717) is 10.6 Å². The summed E-state index contributed by atoms with van der Waals surface area (Å²) in [5.74, 6) is -2.99. The van der Waals surface area contributed by atoms with Crippen LogP contribution in [0.3, 0.4) is 0 Å². The zero-order valence-electron chi connectivity index (χ0n) is 19.8. The first-order valence-corrected chi connectivity index (χ1v) is 11.5. The summed E-state index contributed by atoms with van der Waals surface area (Å²) in [7, 11) is 0. The summed E-state index contributed by atoms with van der Waals surface area (Å²) in [5, 5.41) is 12.4. The van der Waals surface area contributed by atoms with Crippen molar-refractivity contribution >= 4 is 29.2 Å². The number of hydrogen-bond donors (Lipinski definition) is 2. The molecule has 38 heavy (non-hydrogen) atoms. The fourth-order valence-corrected chi connectivity index (χ4v) is 3.69. The number of pyridine rings is 1. The Morgan fingerprint density at radius 2 is 1.87 bits per heavy atom. The van der Waals surface area contributed by atoms with Crippen molar-refractivity contribution < 1.29 is 23.4 Å². The highest BCUT2D eigenvalue weighted by molar-refractivity contribution is 6.30.